The number of likely N-dealkylation sites (tertiary alicyclic amines) is 1. The zero-order valence-corrected chi connectivity index (χ0v) is 12.1. The number of nitrogens with one attached hydrogen (secondary N) is 1. The molecule has 1 fully saturated rings. The molecule has 0 amide bonds. The van der Waals surface area contributed by atoms with Gasteiger partial charge in [-0.05, 0) is 57.8 Å². The number of nitrogens with zero attached hydrogens (tertiary/aromatic N) is 1. The van der Waals surface area contributed by atoms with E-state index >= 15 is 0 Å². The Bertz CT molecular complexity index is 241. The molecule has 1 unspecified atom stereocenters. The van der Waals surface area contributed by atoms with Crippen molar-refractivity contribution < 1.29 is 13.2 Å². The van der Waals surface area contributed by atoms with E-state index in [-0.39, 0.29) is 6.54 Å². The summed E-state index contributed by atoms with van der Waals surface area (Å²) in [6, 6.07) is 0. The zero-order valence-electron chi connectivity index (χ0n) is 12.1. The van der Waals surface area contributed by atoms with Gasteiger partial charge < -0.3 is 10.2 Å². The molecule has 0 aromatic heterocycles. The number of halogens is 3. The van der Waals surface area contributed by atoms with Gasteiger partial charge in [0.1, 0.15) is 0 Å². The third-order valence-electron chi connectivity index (χ3n) is 3.60. The summed E-state index contributed by atoms with van der Waals surface area (Å²) < 4.78 is 37.9. The summed E-state index contributed by atoms with van der Waals surface area (Å²) in [5.74, 6) is -0.463. The maximum absolute atomic E-state index is 12.6. The molecule has 2 nitrogen and oxygen atoms in total. The molecule has 0 bridgehead atoms. The highest BCUT2D eigenvalue weighted by molar-refractivity contribution is 4.77. The van der Waals surface area contributed by atoms with Crippen LogP contribution in [0.3, 0.4) is 0 Å². The van der Waals surface area contributed by atoms with E-state index in [9.17, 15) is 13.2 Å². The number of piperidine rings is 1. The van der Waals surface area contributed by atoms with Crippen molar-refractivity contribution in [3.8, 4) is 0 Å². The summed E-state index contributed by atoms with van der Waals surface area (Å²) in [7, 11) is 0. The highest BCUT2D eigenvalue weighted by atomic mass is 19.4. The molecule has 1 heterocycles. The molecule has 0 aromatic rings. The maximum Gasteiger partial charge on any atom is 0.393 e. The van der Waals surface area contributed by atoms with Crippen molar-refractivity contribution >= 4 is 0 Å². The summed E-state index contributed by atoms with van der Waals surface area (Å²) in [6.07, 6.45) is -1.02. The summed E-state index contributed by atoms with van der Waals surface area (Å²) in [5.41, 5.74) is 0. The van der Waals surface area contributed by atoms with E-state index in [0.717, 1.165) is 39.0 Å². The zero-order chi connectivity index (χ0) is 14.3. The van der Waals surface area contributed by atoms with Gasteiger partial charge in [-0.2, -0.15) is 13.2 Å². The van der Waals surface area contributed by atoms with Gasteiger partial charge in [0, 0.05) is 6.54 Å². The first kappa shape index (κ1) is 16.8. The highest BCUT2D eigenvalue weighted by Gasteiger charge is 2.41. The van der Waals surface area contributed by atoms with E-state index < -0.39 is 12.1 Å². The van der Waals surface area contributed by atoms with Crippen LogP contribution in [-0.2, 0) is 0 Å². The SMILES string of the molecule is CC(C)CNCCCCN1CCCC(C(F)(F)F)C1. The molecule has 0 aliphatic carbocycles. The fourth-order valence-electron chi connectivity index (χ4n) is 2.50. The molecule has 0 saturated carbocycles. The number of alkyl halides is 3. The average molecular weight is 280 g/mol. The Kier molecular flexibility index (Phi) is 7.15. The van der Waals surface area contributed by atoms with Gasteiger partial charge in [0.05, 0.1) is 5.92 Å². The van der Waals surface area contributed by atoms with E-state index in [0.29, 0.717) is 18.8 Å². The monoisotopic (exact) mass is 280 g/mol. The summed E-state index contributed by atoms with van der Waals surface area (Å²) in [6.45, 7) is 8.13. The third-order valence-corrected chi connectivity index (χ3v) is 3.60. The number of hydrogen-bond acceptors (Lipinski definition) is 2. The van der Waals surface area contributed by atoms with Gasteiger partial charge in [0.2, 0.25) is 0 Å². The Morgan fingerprint density at radius 2 is 2.00 bits per heavy atom. The van der Waals surface area contributed by atoms with E-state index in [1.54, 1.807) is 0 Å². The molecule has 1 rings (SSSR count). The molecule has 1 atom stereocenters. The van der Waals surface area contributed by atoms with E-state index in [1.165, 1.54) is 0 Å². The molecule has 114 valence electrons. The standard InChI is InChI=1S/C14H27F3N2/c1-12(2)10-18-7-3-4-8-19-9-5-6-13(11-19)14(15,16)17/h12-13,18H,3-11H2,1-2H3. The van der Waals surface area contributed by atoms with Gasteiger partial charge in [-0.15, -0.1) is 0 Å². The molecule has 1 N–H and O–H groups in total. The van der Waals surface area contributed by atoms with Crippen LogP contribution in [0.1, 0.15) is 39.5 Å². The molecule has 1 aliphatic rings. The van der Waals surface area contributed by atoms with Gasteiger partial charge in [-0.1, -0.05) is 13.8 Å². The lowest BCUT2D eigenvalue weighted by Crippen LogP contribution is -2.42. The van der Waals surface area contributed by atoms with Gasteiger partial charge in [-0.25, -0.2) is 0 Å². The van der Waals surface area contributed by atoms with Gasteiger partial charge in [-0.3, -0.25) is 0 Å². The number of hydrogen-bond donors (Lipinski definition) is 1. The summed E-state index contributed by atoms with van der Waals surface area (Å²) in [5, 5.41) is 3.36. The quantitative estimate of drug-likeness (QED) is 0.720. The predicted molar refractivity (Wildman–Crippen MR) is 72.2 cm³/mol. The van der Waals surface area contributed by atoms with E-state index in [1.807, 2.05) is 4.90 Å². The Morgan fingerprint density at radius 3 is 2.63 bits per heavy atom. The first-order valence-electron chi connectivity index (χ1n) is 7.39. The third kappa shape index (κ3) is 7.16. The molecule has 0 aromatic carbocycles. The predicted octanol–water partition coefficient (Wildman–Crippen LogP) is 3.29. The second-order valence-corrected chi connectivity index (χ2v) is 5.99. The minimum absolute atomic E-state index is 0.197. The van der Waals surface area contributed by atoms with Crippen molar-refractivity contribution in [2.45, 2.75) is 45.7 Å². The van der Waals surface area contributed by atoms with Crippen LogP contribution in [-0.4, -0.2) is 43.8 Å². The van der Waals surface area contributed by atoms with Crippen LogP contribution in [0.5, 0.6) is 0 Å². The molecule has 1 saturated heterocycles. The Labute approximate surface area is 114 Å². The number of unbranched alkanes of at least 4 members (excludes halogenated alkanes) is 1. The van der Waals surface area contributed by atoms with Gasteiger partial charge in [0.25, 0.3) is 0 Å². The van der Waals surface area contributed by atoms with E-state index in [4.69, 9.17) is 0 Å². The fraction of sp³-hybridized carbons (Fsp3) is 1.00. The van der Waals surface area contributed by atoms with Crippen LogP contribution in [0.4, 0.5) is 13.2 Å². The van der Waals surface area contributed by atoms with Crippen molar-refractivity contribution in [3.05, 3.63) is 0 Å². The lowest BCUT2D eigenvalue weighted by molar-refractivity contribution is -0.186. The largest absolute Gasteiger partial charge is 0.393 e. The minimum atomic E-state index is -4.02. The van der Waals surface area contributed by atoms with Crippen LogP contribution in [0.25, 0.3) is 0 Å². The van der Waals surface area contributed by atoms with Crippen molar-refractivity contribution in [3.63, 3.8) is 0 Å². The lowest BCUT2D eigenvalue weighted by atomic mass is 9.97. The second kappa shape index (κ2) is 8.10. The first-order valence-corrected chi connectivity index (χ1v) is 7.39. The average Bonchev–Trinajstić information content (AvgIpc) is 2.32. The molecule has 0 spiro atoms. The van der Waals surface area contributed by atoms with Crippen molar-refractivity contribution in [1.82, 2.24) is 10.2 Å². The normalized spacial score (nSPS) is 22.1. The fourth-order valence-corrected chi connectivity index (χ4v) is 2.50. The Hall–Kier alpha value is -0.290. The van der Waals surface area contributed by atoms with Crippen molar-refractivity contribution in [2.75, 3.05) is 32.7 Å². The van der Waals surface area contributed by atoms with Crippen LogP contribution in [0, 0.1) is 11.8 Å². The Morgan fingerprint density at radius 1 is 1.26 bits per heavy atom. The molecule has 0 radical (unpaired) electrons. The van der Waals surface area contributed by atoms with Crippen molar-refractivity contribution in [1.29, 1.82) is 0 Å². The first-order chi connectivity index (χ1) is 8.89. The number of rotatable bonds is 7. The summed E-state index contributed by atoms with van der Waals surface area (Å²) >= 11 is 0. The van der Waals surface area contributed by atoms with Crippen molar-refractivity contribution in [2.24, 2.45) is 11.8 Å². The van der Waals surface area contributed by atoms with Crippen LogP contribution in [0.2, 0.25) is 0 Å². The highest BCUT2D eigenvalue weighted by Crippen LogP contribution is 2.33. The van der Waals surface area contributed by atoms with E-state index in [2.05, 4.69) is 19.2 Å². The molecular weight excluding hydrogens is 253 g/mol. The smallest absolute Gasteiger partial charge is 0.316 e. The second-order valence-electron chi connectivity index (χ2n) is 5.99. The molecular formula is C14H27F3N2. The van der Waals surface area contributed by atoms with Crippen LogP contribution >= 0.6 is 0 Å². The minimum Gasteiger partial charge on any atom is -0.316 e. The Balaban J connectivity index is 2.09. The molecule has 5 heteroatoms. The summed E-state index contributed by atoms with van der Waals surface area (Å²) in [4.78, 5) is 1.98. The van der Waals surface area contributed by atoms with Crippen LogP contribution < -0.4 is 5.32 Å². The van der Waals surface area contributed by atoms with Gasteiger partial charge in [0.15, 0.2) is 0 Å². The topological polar surface area (TPSA) is 15.3 Å². The molecule has 1 aliphatic heterocycles. The lowest BCUT2D eigenvalue weighted by Gasteiger charge is -2.33. The maximum atomic E-state index is 12.6. The van der Waals surface area contributed by atoms with Crippen LogP contribution in [0.15, 0.2) is 0 Å². The van der Waals surface area contributed by atoms with Gasteiger partial charge >= 0.3 is 6.18 Å². The molecule has 19 heavy (non-hydrogen) atoms.